The van der Waals surface area contributed by atoms with Gasteiger partial charge < -0.3 is 5.32 Å². The van der Waals surface area contributed by atoms with Crippen LogP contribution in [0.2, 0.25) is 0 Å². The molecule has 1 aliphatic carbocycles. The van der Waals surface area contributed by atoms with E-state index in [2.05, 4.69) is 17.0 Å². The van der Waals surface area contributed by atoms with Crippen LogP contribution in [0.1, 0.15) is 24.4 Å². The fourth-order valence-corrected chi connectivity index (χ4v) is 3.13. The highest BCUT2D eigenvalue weighted by atomic mass is 19.1. The minimum atomic E-state index is -0.453. The molecular formula is C21H19FN4O2. The zero-order valence-electron chi connectivity index (χ0n) is 15.1. The van der Waals surface area contributed by atoms with Crippen LogP contribution >= 0.6 is 0 Å². The Hall–Kier alpha value is -3.48. The number of rotatable bonds is 6. The molecule has 1 N–H and O–H groups in total. The van der Waals surface area contributed by atoms with Gasteiger partial charge in [0.1, 0.15) is 12.4 Å². The summed E-state index contributed by atoms with van der Waals surface area (Å²) in [5.41, 5.74) is 1.22. The topological polar surface area (TPSA) is 68.9 Å². The SMILES string of the molecule is C=Cc1ccccc1NC(=O)Cn1nc(-c2ccccc2F)n(C2CC2)c1=O. The van der Waals surface area contributed by atoms with Crippen LogP contribution in [0.3, 0.4) is 0 Å². The molecule has 0 atom stereocenters. The number of carbonyl (C=O) groups excluding carboxylic acids is 1. The minimum absolute atomic E-state index is 0.000379. The molecule has 1 heterocycles. The van der Waals surface area contributed by atoms with E-state index < -0.39 is 17.4 Å². The molecule has 0 unspecified atom stereocenters. The highest BCUT2D eigenvalue weighted by molar-refractivity contribution is 5.92. The van der Waals surface area contributed by atoms with Gasteiger partial charge in [0.15, 0.2) is 5.82 Å². The summed E-state index contributed by atoms with van der Waals surface area (Å²) in [5.74, 6) is -0.590. The standard InChI is InChI=1S/C21H19FN4O2/c1-2-14-7-3-6-10-18(14)23-19(27)13-25-21(28)26(15-11-12-15)20(24-25)16-8-4-5-9-17(16)22/h2-10,15H,1,11-13H2,(H,23,27). The van der Waals surface area contributed by atoms with Crippen molar-refractivity contribution in [3.8, 4) is 11.4 Å². The largest absolute Gasteiger partial charge is 0.346 e. The summed E-state index contributed by atoms with van der Waals surface area (Å²) in [6.45, 7) is 3.46. The van der Waals surface area contributed by atoms with Gasteiger partial charge in [0, 0.05) is 11.7 Å². The molecule has 142 valence electrons. The molecule has 7 heteroatoms. The third-order valence-corrected chi connectivity index (χ3v) is 4.65. The van der Waals surface area contributed by atoms with Crippen LogP contribution in [0, 0.1) is 5.82 Å². The van der Waals surface area contributed by atoms with Crippen molar-refractivity contribution in [3.63, 3.8) is 0 Å². The molecule has 3 aromatic rings. The average molecular weight is 378 g/mol. The van der Waals surface area contributed by atoms with E-state index in [0.717, 1.165) is 23.1 Å². The van der Waals surface area contributed by atoms with Crippen LogP contribution < -0.4 is 11.0 Å². The van der Waals surface area contributed by atoms with Crippen molar-refractivity contribution >= 4 is 17.7 Å². The molecule has 6 nitrogen and oxygen atoms in total. The van der Waals surface area contributed by atoms with Gasteiger partial charge in [-0.05, 0) is 36.6 Å². The van der Waals surface area contributed by atoms with Crippen LogP contribution in [0.5, 0.6) is 0 Å². The van der Waals surface area contributed by atoms with Gasteiger partial charge in [-0.25, -0.2) is 13.9 Å². The van der Waals surface area contributed by atoms with Crippen molar-refractivity contribution in [2.45, 2.75) is 25.4 Å². The van der Waals surface area contributed by atoms with Crippen molar-refractivity contribution < 1.29 is 9.18 Å². The van der Waals surface area contributed by atoms with E-state index in [1.165, 1.54) is 10.6 Å². The first-order valence-electron chi connectivity index (χ1n) is 9.04. The maximum absolute atomic E-state index is 14.3. The minimum Gasteiger partial charge on any atom is -0.324 e. The van der Waals surface area contributed by atoms with Gasteiger partial charge in [-0.15, -0.1) is 5.10 Å². The Balaban J connectivity index is 1.65. The number of hydrogen-bond donors (Lipinski definition) is 1. The third kappa shape index (κ3) is 3.38. The summed E-state index contributed by atoms with van der Waals surface area (Å²) in [6.07, 6.45) is 3.32. The predicted molar refractivity (Wildman–Crippen MR) is 105 cm³/mol. The first-order valence-corrected chi connectivity index (χ1v) is 9.04. The molecule has 1 amide bonds. The molecule has 28 heavy (non-hydrogen) atoms. The number of halogens is 1. The summed E-state index contributed by atoms with van der Waals surface area (Å²) in [5, 5.41) is 7.04. The number of benzene rings is 2. The fourth-order valence-electron chi connectivity index (χ4n) is 3.13. The molecule has 4 rings (SSSR count). The molecule has 2 aromatic carbocycles. The Morgan fingerprint density at radius 3 is 2.64 bits per heavy atom. The van der Waals surface area contributed by atoms with Crippen LogP contribution in [0.4, 0.5) is 10.1 Å². The predicted octanol–water partition coefficient (Wildman–Crippen LogP) is 3.47. The summed E-state index contributed by atoms with van der Waals surface area (Å²) in [7, 11) is 0. The Morgan fingerprint density at radius 2 is 1.93 bits per heavy atom. The van der Waals surface area contributed by atoms with E-state index in [-0.39, 0.29) is 24.0 Å². The van der Waals surface area contributed by atoms with Crippen molar-refractivity contribution in [1.29, 1.82) is 0 Å². The smallest absolute Gasteiger partial charge is 0.324 e. The third-order valence-electron chi connectivity index (χ3n) is 4.65. The molecule has 0 bridgehead atoms. The Bertz CT molecular complexity index is 1110. The van der Waals surface area contributed by atoms with Crippen molar-refractivity contribution in [1.82, 2.24) is 14.3 Å². The number of aromatic nitrogens is 3. The van der Waals surface area contributed by atoms with Crippen LogP contribution in [0.25, 0.3) is 17.5 Å². The second-order valence-electron chi connectivity index (χ2n) is 6.68. The lowest BCUT2D eigenvalue weighted by atomic mass is 10.2. The second kappa shape index (κ2) is 7.26. The van der Waals surface area contributed by atoms with Gasteiger partial charge in [0.05, 0.1) is 5.56 Å². The van der Waals surface area contributed by atoms with Gasteiger partial charge in [0.2, 0.25) is 5.91 Å². The lowest BCUT2D eigenvalue weighted by molar-refractivity contribution is -0.117. The summed E-state index contributed by atoms with van der Waals surface area (Å²) in [6, 6.07) is 13.4. The van der Waals surface area contributed by atoms with Crippen molar-refractivity contribution in [2.75, 3.05) is 5.32 Å². The number of nitrogens with one attached hydrogen (secondary N) is 1. The molecule has 0 radical (unpaired) electrons. The molecule has 0 spiro atoms. The Kier molecular flexibility index (Phi) is 4.65. The number of para-hydroxylation sites is 1. The van der Waals surface area contributed by atoms with E-state index in [1.54, 1.807) is 36.4 Å². The van der Waals surface area contributed by atoms with Gasteiger partial charge in [-0.3, -0.25) is 9.36 Å². The zero-order valence-corrected chi connectivity index (χ0v) is 15.1. The van der Waals surface area contributed by atoms with Gasteiger partial charge in [-0.2, -0.15) is 0 Å². The number of carbonyl (C=O) groups is 1. The molecule has 1 fully saturated rings. The van der Waals surface area contributed by atoms with Crippen LogP contribution in [-0.4, -0.2) is 20.3 Å². The first kappa shape index (κ1) is 17.9. The van der Waals surface area contributed by atoms with E-state index in [1.807, 2.05) is 12.1 Å². The van der Waals surface area contributed by atoms with Gasteiger partial charge >= 0.3 is 5.69 Å². The van der Waals surface area contributed by atoms with E-state index in [9.17, 15) is 14.0 Å². The monoisotopic (exact) mass is 378 g/mol. The zero-order chi connectivity index (χ0) is 19.7. The maximum Gasteiger partial charge on any atom is 0.346 e. The van der Waals surface area contributed by atoms with E-state index >= 15 is 0 Å². The summed E-state index contributed by atoms with van der Waals surface area (Å²) < 4.78 is 16.8. The van der Waals surface area contributed by atoms with Crippen molar-refractivity contribution in [3.05, 3.63) is 77.0 Å². The molecule has 1 aromatic heterocycles. The molecule has 0 saturated heterocycles. The van der Waals surface area contributed by atoms with Crippen LogP contribution in [0.15, 0.2) is 59.9 Å². The fraction of sp³-hybridized carbons (Fsp3) is 0.190. The second-order valence-corrected chi connectivity index (χ2v) is 6.68. The average Bonchev–Trinajstić information content (AvgIpc) is 3.47. The quantitative estimate of drug-likeness (QED) is 0.714. The number of hydrogen-bond acceptors (Lipinski definition) is 3. The number of anilines is 1. The van der Waals surface area contributed by atoms with E-state index in [0.29, 0.717) is 5.69 Å². The van der Waals surface area contributed by atoms with Crippen molar-refractivity contribution in [2.24, 2.45) is 0 Å². The summed E-state index contributed by atoms with van der Waals surface area (Å²) >= 11 is 0. The Labute approximate surface area is 160 Å². The van der Waals surface area contributed by atoms with Crippen LogP contribution in [-0.2, 0) is 11.3 Å². The summed E-state index contributed by atoms with van der Waals surface area (Å²) in [4.78, 5) is 25.3. The molecule has 1 aliphatic rings. The molecular weight excluding hydrogens is 359 g/mol. The Morgan fingerprint density at radius 1 is 1.21 bits per heavy atom. The lowest BCUT2D eigenvalue weighted by Crippen LogP contribution is -2.30. The maximum atomic E-state index is 14.3. The van der Waals surface area contributed by atoms with Gasteiger partial charge in [-0.1, -0.05) is 43.0 Å². The van der Waals surface area contributed by atoms with Gasteiger partial charge in [0.25, 0.3) is 0 Å². The number of nitrogens with zero attached hydrogens (tertiary/aromatic N) is 3. The molecule has 1 saturated carbocycles. The normalized spacial score (nSPS) is 13.3. The molecule has 0 aliphatic heterocycles. The highest BCUT2D eigenvalue weighted by Crippen LogP contribution is 2.36. The number of amides is 1. The highest BCUT2D eigenvalue weighted by Gasteiger charge is 2.31. The lowest BCUT2D eigenvalue weighted by Gasteiger charge is -2.07. The van der Waals surface area contributed by atoms with E-state index in [4.69, 9.17) is 0 Å². The first-order chi connectivity index (χ1) is 13.6.